The van der Waals surface area contributed by atoms with Crippen molar-refractivity contribution in [2.45, 2.75) is 20.8 Å². The summed E-state index contributed by atoms with van der Waals surface area (Å²) in [5.41, 5.74) is 34.2. The van der Waals surface area contributed by atoms with E-state index in [9.17, 15) is 17.6 Å². The Morgan fingerprint density at radius 1 is 0.301 bits per heavy atom. The maximum Gasteiger partial charge on any atom is 0.159 e. The van der Waals surface area contributed by atoms with Crippen LogP contribution in [0.1, 0.15) is 44.5 Å². The van der Waals surface area contributed by atoms with Crippen molar-refractivity contribution in [2.75, 3.05) is 56.6 Å². The number of rotatable bonds is 21. The number of nitrogens with one attached hydrogen (secondary N) is 8. The lowest BCUT2D eigenvalue weighted by Crippen LogP contribution is -1.96. The van der Waals surface area contributed by atoms with Crippen LogP contribution in [0.2, 0.25) is 0 Å². The Kier molecular flexibility index (Phi) is 32.1. The molecule has 20 nitrogen and oxygen atoms in total. The molecule has 8 aromatic heterocycles. The molecule has 0 atom stereocenters. The normalized spacial score (nSPS) is 10.6. The van der Waals surface area contributed by atoms with Crippen LogP contribution in [0.3, 0.4) is 0 Å². The number of anilines is 4. The van der Waals surface area contributed by atoms with Gasteiger partial charge in [-0.3, -0.25) is 39.3 Å². The first-order valence-corrected chi connectivity index (χ1v) is 45.7. The zero-order valence-electron chi connectivity index (χ0n) is 80.2. The first-order valence-electron chi connectivity index (χ1n) is 45.7. The van der Waals surface area contributed by atoms with Gasteiger partial charge >= 0.3 is 0 Å². The Hall–Kier alpha value is -18.6. The van der Waals surface area contributed by atoms with Crippen LogP contribution in [0.5, 0.6) is 5.75 Å². The fourth-order valence-corrected chi connectivity index (χ4v) is 16.6. The summed E-state index contributed by atoms with van der Waals surface area (Å²) in [6.07, 6.45) is 19.5. The molecule has 20 rings (SSSR count). The molecule has 0 amide bonds. The minimum Gasteiger partial charge on any atom is -0.497 e. The van der Waals surface area contributed by atoms with E-state index < -0.39 is 11.6 Å². The standard InChI is InChI=1S/C20H16FN3.C20H18FN3.C20H16N4.C20H19N3O.C20H19N3.C19H13F2N3/c1-13-5-8-18(21)17(10-13)20-16(4-3-9-22-20)14-6-7-15-12-23-24(2)19(15)11-14;1-13-10-15(7-8-18(13)21)20-17(4-3-9-24-20)14-5-6-16(12-22)19(11-14)23-2;1-23-19-11-15(7-8-17(19)13-22)18-6-3-9-24-20(18)16-5-2-4-14(10-16)12-21;1-22-19-12-14(8-9-16(19)13-21)18-7-4-10-23-20(18)15-5-3-6-17(11-15)24-2;1-14-5-3-6-16(11-14)20-18(7-4-10-23-20)15-8-9-17(13-21)19(12-15)22-2;1-24-18-10-12(4-5-14(18)11-23-24)15-3-2-8-22-19(15)13-6-7-16(20)17(21)9-13/h3-12H,1-2H3;3-12,22-23H,1-2H3;2-11,13,22-23H,1H3;3-13,21-22H,1-2H3;3-13,21-22H,1-2H3;2-11H,1H3. The monoisotopic (exact) mass is 1890 g/mol. The minimum absolute atomic E-state index is 0.218. The molecule has 0 aliphatic heterocycles. The number of pyridine rings is 6. The van der Waals surface area contributed by atoms with Crippen molar-refractivity contribution >= 4 is 69.4 Å². The van der Waals surface area contributed by atoms with Crippen LogP contribution in [0, 0.1) is 77.0 Å². The molecule has 20 aromatic rings. The average Bonchev–Trinajstić information content (AvgIpc) is 1.66. The van der Waals surface area contributed by atoms with Crippen molar-refractivity contribution in [1.82, 2.24) is 49.5 Å². The molecule has 8 N–H and O–H groups in total. The van der Waals surface area contributed by atoms with Gasteiger partial charge in [0.2, 0.25) is 0 Å². The quantitative estimate of drug-likeness (QED) is 0.0245. The molecule has 0 spiro atoms. The second kappa shape index (κ2) is 46.5. The fourth-order valence-electron chi connectivity index (χ4n) is 16.6. The smallest absolute Gasteiger partial charge is 0.159 e. The van der Waals surface area contributed by atoms with E-state index in [-0.39, 0.29) is 11.6 Å². The molecule has 0 radical (unpaired) electrons. The van der Waals surface area contributed by atoms with Gasteiger partial charge in [-0.05, 0) is 211 Å². The molecule has 0 aliphatic rings. The van der Waals surface area contributed by atoms with Gasteiger partial charge in [0.15, 0.2) is 11.6 Å². The van der Waals surface area contributed by atoms with E-state index in [1.165, 1.54) is 54.7 Å². The number of fused-ring (bicyclic) bond motifs is 2. The summed E-state index contributed by atoms with van der Waals surface area (Å²) in [4.78, 5) is 27.0. The second-order valence-electron chi connectivity index (χ2n) is 33.1. The highest BCUT2D eigenvalue weighted by Crippen LogP contribution is 2.41. The Morgan fingerprint density at radius 3 is 1.01 bits per heavy atom. The topological polar surface area (TPSA) is 290 Å². The number of halogens is 4. The first-order chi connectivity index (χ1) is 69.6. The van der Waals surface area contributed by atoms with Crippen molar-refractivity contribution in [3.63, 3.8) is 0 Å². The summed E-state index contributed by atoms with van der Waals surface area (Å²) in [6, 6.07) is 99.2. The summed E-state index contributed by atoms with van der Waals surface area (Å²) < 4.78 is 63.7. The van der Waals surface area contributed by atoms with Crippen LogP contribution >= 0.6 is 0 Å². The molecule has 24 heteroatoms. The van der Waals surface area contributed by atoms with E-state index in [4.69, 9.17) is 31.6 Å². The average molecular weight is 1890 g/mol. The predicted octanol–water partition coefficient (Wildman–Crippen LogP) is 27.8. The van der Waals surface area contributed by atoms with Crippen molar-refractivity contribution in [2.24, 2.45) is 14.1 Å². The Labute approximate surface area is 827 Å². The number of nitrogens with zero attached hydrogens (tertiary/aromatic N) is 11. The zero-order valence-corrected chi connectivity index (χ0v) is 80.2. The van der Waals surface area contributed by atoms with Gasteiger partial charge in [0.1, 0.15) is 17.4 Å². The number of nitriles is 1. The molecule has 0 saturated heterocycles. The lowest BCUT2D eigenvalue weighted by Gasteiger charge is -2.12. The second-order valence-corrected chi connectivity index (χ2v) is 33.1. The third-order valence-corrected chi connectivity index (χ3v) is 24.0. The number of aromatic nitrogens is 10. The molecular formula is C119H101F4N19O. The Balaban J connectivity index is 0.000000129. The SMILES string of the molecule is CNc1cc(-c2cccnc2-c2ccc(F)c(C)c2)ccc1C=N.CNc1cc(-c2cccnc2-c2cccc(C#N)c2)ccc1C=N.CNc1cc(-c2cccnc2-c2cccc(C)c2)ccc1C=N.CNc1cc(-c2cccnc2-c2cccc(OC)c2)ccc1C=N.Cc1ccc(F)c(-c2ncccc2-c2ccc3cnn(C)c3c2)c1.Cn1ncc2ccc(-c3cccnc3-c3ccc(F)c(F)c3)cc21. The molecule has 706 valence electrons. The number of ether oxygens (including phenoxy) is 1. The fraction of sp³-hybridized carbons (Fsp3) is 0.0840. The molecule has 8 heterocycles. The van der Waals surface area contributed by atoms with Gasteiger partial charge in [-0.25, -0.2) is 17.6 Å². The largest absolute Gasteiger partial charge is 0.497 e. The van der Waals surface area contributed by atoms with E-state index in [1.807, 2.05) is 279 Å². The summed E-state index contributed by atoms with van der Waals surface area (Å²) in [7, 11) is 12.9. The zero-order chi connectivity index (χ0) is 101. The Morgan fingerprint density at radius 2 is 0.629 bits per heavy atom. The minimum atomic E-state index is -0.883. The lowest BCUT2D eigenvalue weighted by atomic mass is 9.97. The van der Waals surface area contributed by atoms with E-state index in [2.05, 4.69) is 123 Å². The van der Waals surface area contributed by atoms with Crippen LogP contribution in [0.15, 0.2) is 359 Å². The summed E-state index contributed by atoms with van der Waals surface area (Å²) in [5.74, 6) is -1.43. The summed E-state index contributed by atoms with van der Waals surface area (Å²) >= 11 is 0. The van der Waals surface area contributed by atoms with Crippen molar-refractivity contribution < 1.29 is 22.3 Å². The highest BCUT2D eigenvalue weighted by molar-refractivity contribution is 5.96. The molecule has 143 heavy (non-hydrogen) atoms. The van der Waals surface area contributed by atoms with Gasteiger partial charge in [-0.15, -0.1) is 0 Å². The van der Waals surface area contributed by atoms with Crippen LogP contribution in [0.4, 0.5) is 40.3 Å². The molecule has 0 aliphatic carbocycles. The van der Waals surface area contributed by atoms with Crippen LogP contribution < -0.4 is 26.0 Å². The van der Waals surface area contributed by atoms with E-state index >= 15 is 0 Å². The van der Waals surface area contributed by atoms with Crippen LogP contribution in [0.25, 0.3) is 156 Å². The molecule has 12 aromatic carbocycles. The van der Waals surface area contributed by atoms with E-state index in [1.54, 1.807) is 74.1 Å². The van der Waals surface area contributed by atoms with Gasteiger partial charge in [0, 0.05) is 227 Å². The maximum absolute atomic E-state index is 14.4. The molecular weight excluding hydrogens is 1790 g/mol. The van der Waals surface area contributed by atoms with Crippen molar-refractivity contribution in [3.8, 4) is 146 Å². The van der Waals surface area contributed by atoms with E-state index in [0.29, 0.717) is 33.6 Å². The van der Waals surface area contributed by atoms with E-state index in [0.717, 1.165) is 196 Å². The number of methoxy groups -OCH3 is 1. The molecule has 0 saturated carbocycles. The highest BCUT2D eigenvalue weighted by Gasteiger charge is 2.21. The maximum atomic E-state index is 14.4. The molecule has 0 fully saturated rings. The number of benzene rings is 12. The highest BCUT2D eigenvalue weighted by atomic mass is 19.2. The van der Waals surface area contributed by atoms with Gasteiger partial charge in [-0.1, -0.05) is 169 Å². The van der Waals surface area contributed by atoms with Gasteiger partial charge in [0.05, 0.1) is 76.3 Å². The van der Waals surface area contributed by atoms with Crippen LogP contribution in [-0.2, 0) is 14.1 Å². The first kappa shape index (κ1) is 98.9. The molecule has 0 unspecified atom stereocenters. The number of hydrogen-bond donors (Lipinski definition) is 8. The summed E-state index contributed by atoms with van der Waals surface area (Å²) in [6.45, 7) is 5.79. The Bertz CT molecular complexity index is 8110. The van der Waals surface area contributed by atoms with Gasteiger partial charge in [-0.2, -0.15) is 15.5 Å². The van der Waals surface area contributed by atoms with Gasteiger partial charge in [0.25, 0.3) is 0 Å². The van der Waals surface area contributed by atoms with Gasteiger partial charge < -0.3 is 47.6 Å². The van der Waals surface area contributed by atoms with Crippen LogP contribution in [-0.4, -0.2) is 110 Å². The predicted molar refractivity (Wildman–Crippen MR) is 574 cm³/mol. The third kappa shape index (κ3) is 23.1. The van der Waals surface area contributed by atoms with Crippen molar-refractivity contribution in [3.05, 3.63) is 427 Å². The number of hydrogen-bond acceptors (Lipinski definition) is 18. The summed E-state index contributed by atoms with van der Waals surface area (Å²) in [5, 5.41) is 62.2. The molecule has 0 bridgehead atoms. The lowest BCUT2D eigenvalue weighted by molar-refractivity contribution is 0.415. The third-order valence-electron chi connectivity index (χ3n) is 24.0. The number of aryl methyl sites for hydroxylation is 5. The van der Waals surface area contributed by atoms with Crippen molar-refractivity contribution in [1.29, 1.82) is 26.9 Å².